The van der Waals surface area contributed by atoms with Gasteiger partial charge in [-0.05, 0) is 0 Å². The summed E-state index contributed by atoms with van der Waals surface area (Å²) in [4.78, 5) is 9.24. The van der Waals surface area contributed by atoms with Crippen LogP contribution < -0.4 is 5.73 Å². The Morgan fingerprint density at radius 1 is 1.10 bits per heavy atom. The van der Waals surface area contributed by atoms with E-state index in [1.54, 1.807) is 0 Å². The molecule has 2 aromatic rings. The fourth-order valence-electron chi connectivity index (χ4n) is 2.31. The molecule has 3 nitrogen and oxygen atoms in total. The minimum atomic E-state index is 0.326. The van der Waals surface area contributed by atoms with Crippen molar-refractivity contribution in [3.05, 3.63) is 42.2 Å². The molecule has 0 bridgehead atoms. The van der Waals surface area contributed by atoms with Gasteiger partial charge in [-0.2, -0.15) is 11.8 Å². The predicted octanol–water partition coefficient (Wildman–Crippen LogP) is 4.02. The summed E-state index contributed by atoms with van der Waals surface area (Å²) >= 11 is 3.95. The van der Waals surface area contributed by atoms with Gasteiger partial charge in [0, 0.05) is 27.9 Å². The summed E-state index contributed by atoms with van der Waals surface area (Å²) in [6, 6.07) is 12.0. The smallest absolute Gasteiger partial charge is 0.145 e. The lowest BCUT2D eigenvalue weighted by atomic mass is 10.1. The van der Waals surface area contributed by atoms with E-state index in [1.807, 2.05) is 47.8 Å². The lowest BCUT2D eigenvalue weighted by molar-refractivity contribution is 0.862. The molecule has 0 spiro atoms. The molecule has 2 heterocycles. The molecule has 1 aromatic carbocycles. The van der Waals surface area contributed by atoms with Crippen LogP contribution in [0.25, 0.3) is 11.3 Å². The zero-order chi connectivity index (χ0) is 14.8. The molecule has 0 amide bonds. The maximum atomic E-state index is 6.00. The minimum Gasteiger partial charge on any atom is -0.384 e. The highest BCUT2D eigenvalue weighted by Gasteiger charge is 2.28. The van der Waals surface area contributed by atoms with E-state index in [9.17, 15) is 0 Å². The number of anilines is 1. The van der Waals surface area contributed by atoms with Crippen molar-refractivity contribution in [3.63, 3.8) is 0 Å². The Bertz CT molecular complexity index is 618. The van der Waals surface area contributed by atoms with E-state index in [1.165, 1.54) is 0 Å². The van der Waals surface area contributed by atoms with Gasteiger partial charge in [0.15, 0.2) is 0 Å². The maximum Gasteiger partial charge on any atom is 0.145 e. The lowest BCUT2D eigenvalue weighted by Gasteiger charge is -2.30. The molecule has 3 atom stereocenters. The molecule has 3 rings (SSSR count). The normalized spacial score (nSPS) is 25.7. The van der Waals surface area contributed by atoms with Crippen molar-refractivity contribution in [2.75, 3.05) is 11.5 Å². The van der Waals surface area contributed by atoms with Crippen LogP contribution >= 0.6 is 23.5 Å². The van der Waals surface area contributed by atoms with Gasteiger partial charge in [-0.15, -0.1) is 11.8 Å². The van der Waals surface area contributed by atoms with Crippen LogP contribution in [0.15, 0.2) is 36.4 Å². The molecule has 0 saturated carbocycles. The number of aromatic nitrogens is 2. The zero-order valence-electron chi connectivity index (χ0n) is 12.2. The van der Waals surface area contributed by atoms with Crippen molar-refractivity contribution >= 4 is 29.3 Å². The van der Waals surface area contributed by atoms with Gasteiger partial charge in [0.2, 0.25) is 0 Å². The molecular weight excluding hydrogens is 298 g/mol. The molecule has 0 aliphatic carbocycles. The quantitative estimate of drug-likeness (QED) is 0.906. The summed E-state index contributed by atoms with van der Waals surface area (Å²) in [6.45, 7) is 4.56. The summed E-state index contributed by atoms with van der Waals surface area (Å²) < 4.78 is 0. The Morgan fingerprint density at radius 2 is 1.86 bits per heavy atom. The zero-order valence-corrected chi connectivity index (χ0v) is 13.8. The Morgan fingerprint density at radius 3 is 2.57 bits per heavy atom. The molecule has 0 radical (unpaired) electrons. The number of rotatable bonds is 2. The van der Waals surface area contributed by atoms with E-state index in [4.69, 9.17) is 10.7 Å². The molecule has 1 saturated heterocycles. The summed E-state index contributed by atoms with van der Waals surface area (Å²) in [6.07, 6.45) is 0. The Labute approximate surface area is 134 Å². The number of benzene rings is 1. The van der Waals surface area contributed by atoms with Gasteiger partial charge in [0.05, 0.1) is 10.9 Å². The summed E-state index contributed by atoms with van der Waals surface area (Å²) in [5.74, 6) is 2.47. The first-order valence-electron chi connectivity index (χ1n) is 7.10. The van der Waals surface area contributed by atoms with Crippen molar-refractivity contribution in [3.8, 4) is 11.3 Å². The van der Waals surface area contributed by atoms with Crippen LogP contribution in [0.3, 0.4) is 0 Å². The fraction of sp³-hybridized carbons (Fsp3) is 0.375. The highest BCUT2D eigenvalue weighted by Crippen LogP contribution is 2.43. The van der Waals surface area contributed by atoms with Crippen LogP contribution in [0.4, 0.5) is 5.82 Å². The maximum absolute atomic E-state index is 6.00. The first-order valence-corrected chi connectivity index (χ1v) is 9.09. The SMILES string of the molecule is CC1SCC(c2nc(N)cc(-c3ccccc3)n2)SC1C. The second-order valence-electron chi connectivity index (χ2n) is 5.27. The monoisotopic (exact) mass is 317 g/mol. The molecule has 3 unspecified atom stereocenters. The van der Waals surface area contributed by atoms with E-state index in [0.29, 0.717) is 21.6 Å². The van der Waals surface area contributed by atoms with Gasteiger partial charge in [-0.1, -0.05) is 44.2 Å². The molecule has 1 fully saturated rings. The Balaban J connectivity index is 1.92. The first kappa shape index (κ1) is 14.7. The Hall–Kier alpha value is -1.20. The van der Waals surface area contributed by atoms with Gasteiger partial charge in [0.1, 0.15) is 11.6 Å². The van der Waals surface area contributed by atoms with Crippen molar-refractivity contribution in [1.82, 2.24) is 9.97 Å². The van der Waals surface area contributed by atoms with E-state index < -0.39 is 0 Å². The van der Waals surface area contributed by atoms with Crippen molar-refractivity contribution in [2.24, 2.45) is 0 Å². The van der Waals surface area contributed by atoms with Gasteiger partial charge in [-0.25, -0.2) is 9.97 Å². The van der Waals surface area contributed by atoms with E-state index in [2.05, 4.69) is 31.0 Å². The van der Waals surface area contributed by atoms with Gasteiger partial charge in [0.25, 0.3) is 0 Å². The molecule has 1 aliphatic heterocycles. The Kier molecular flexibility index (Phi) is 4.40. The third kappa shape index (κ3) is 3.35. The molecule has 110 valence electrons. The lowest BCUT2D eigenvalue weighted by Crippen LogP contribution is -2.23. The van der Waals surface area contributed by atoms with Crippen molar-refractivity contribution in [1.29, 1.82) is 0 Å². The average Bonchev–Trinajstić information content (AvgIpc) is 2.50. The summed E-state index contributed by atoms with van der Waals surface area (Å²) in [5.41, 5.74) is 8.00. The molecule has 1 aromatic heterocycles. The van der Waals surface area contributed by atoms with Crippen molar-refractivity contribution in [2.45, 2.75) is 29.6 Å². The highest BCUT2D eigenvalue weighted by molar-refractivity contribution is 8.07. The van der Waals surface area contributed by atoms with Crippen LogP contribution in [0.1, 0.15) is 24.9 Å². The largest absolute Gasteiger partial charge is 0.384 e. The molecule has 1 aliphatic rings. The highest BCUT2D eigenvalue weighted by atomic mass is 32.2. The fourth-order valence-corrected chi connectivity index (χ4v) is 5.15. The van der Waals surface area contributed by atoms with E-state index >= 15 is 0 Å². The first-order chi connectivity index (χ1) is 10.1. The second-order valence-corrected chi connectivity index (χ2v) is 8.27. The van der Waals surface area contributed by atoms with Crippen LogP contribution in [-0.2, 0) is 0 Å². The second kappa shape index (κ2) is 6.28. The van der Waals surface area contributed by atoms with Crippen LogP contribution in [0, 0.1) is 0 Å². The topological polar surface area (TPSA) is 51.8 Å². The number of nitrogens with two attached hydrogens (primary N) is 1. The van der Waals surface area contributed by atoms with Gasteiger partial charge >= 0.3 is 0 Å². The van der Waals surface area contributed by atoms with E-state index in [-0.39, 0.29) is 0 Å². The third-order valence-electron chi connectivity index (χ3n) is 3.67. The number of hydrogen-bond donors (Lipinski definition) is 1. The van der Waals surface area contributed by atoms with Crippen molar-refractivity contribution < 1.29 is 0 Å². The third-order valence-corrected chi connectivity index (χ3v) is 7.06. The summed E-state index contributed by atoms with van der Waals surface area (Å²) in [5, 5.41) is 1.62. The van der Waals surface area contributed by atoms with E-state index in [0.717, 1.165) is 22.8 Å². The van der Waals surface area contributed by atoms with Gasteiger partial charge in [-0.3, -0.25) is 0 Å². The average molecular weight is 317 g/mol. The molecule has 21 heavy (non-hydrogen) atoms. The molecule has 2 N–H and O–H groups in total. The molecule has 5 heteroatoms. The minimum absolute atomic E-state index is 0.326. The molecular formula is C16H19N3S2. The number of nitrogens with zero attached hydrogens (tertiary/aromatic N) is 2. The van der Waals surface area contributed by atoms with Gasteiger partial charge < -0.3 is 5.73 Å². The van der Waals surface area contributed by atoms with Crippen LogP contribution in [-0.4, -0.2) is 26.2 Å². The summed E-state index contributed by atoms with van der Waals surface area (Å²) in [7, 11) is 0. The number of nitrogen functional groups attached to an aromatic ring is 1. The number of thioether (sulfide) groups is 2. The van der Waals surface area contributed by atoms with Crippen LogP contribution in [0.2, 0.25) is 0 Å². The standard InChI is InChI=1S/C16H19N3S2/c1-10-11(2)21-14(9-20-10)16-18-13(8-15(17)19-16)12-6-4-3-5-7-12/h3-8,10-11,14H,9H2,1-2H3,(H2,17,18,19). The van der Waals surface area contributed by atoms with Crippen LogP contribution in [0.5, 0.6) is 0 Å². The number of hydrogen-bond acceptors (Lipinski definition) is 5. The predicted molar refractivity (Wildman–Crippen MR) is 93.6 cm³/mol.